The summed E-state index contributed by atoms with van der Waals surface area (Å²) in [5.41, 5.74) is 4.13. The van der Waals surface area contributed by atoms with Crippen LogP contribution in [0, 0.1) is 0 Å². The summed E-state index contributed by atoms with van der Waals surface area (Å²) in [5.74, 6) is 0.196. The fourth-order valence-electron chi connectivity index (χ4n) is 3.60. The van der Waals surface area contributed by atoms with Crippen LogP contribution in [-0.4, -0.2) is 10.2 Å². The molecule has 0 aliphatic carbocycles. The number of furan rings is 1. The predicted octanol–water partition coefficient (Wildman–Crippen LogP) is 7.09. The van der Waals surface area contributed by atoms with Crippen molar-refractivity contribution in [2.45, 2.75) is 0 Å². The van der Waals surface area contributed by atoms with E-state index in [0.717, 1.165) is 26.4 Å². The third-order valence-electron chi connectivity index (χ3n) is 4.98. The minimum atomic E-state index is 0.0646. The Morgan fingerprint density at radius 2 is 1.39 bits per heavy atom. The summed E-state index contributed by atoms with van der Waals surface area (Å²) >= 11 is 3.43. The zero-order chi connectivity index (χ0) is 19.3. The highest BCUT2D eigenvalue weighted by Crippen LogP contribution is 2.44. The molecule has 0 fully saturated rings. The smallest absolute Gasteiger partial charge is 0.139 e. The second-order valence-electron chi connectivity index (χ2n) is 6.67. The zero-order valence-electron chi connectivity index (χ0n) is 14.7. The molecule has 5 aromatic rings. The molecule has 2 N–H and O–H groups in total. The van der Waals surface area contributed by atoms with Gasteiger partial charge in [-0.1, -0.05) is 64.5 Å². The summed E-state index contributed by atoms with van der Waals surface area (Å²) in [4.78, 5) is 0. The minimum Gasteiger partial charge on any atom is -0.507 e. The summed E-state index contributed by atoms with van der Waals surface area (Å²) in [5, 5.41) is 23.5. The van der Waals surface area contributed by atoms with Gasteiger partial charge in [0.05, 0.1) is 0 Å². The molecule has 0 atom stereocenters. The molecule has 0 saturated heterocycles. The molecule has 4 aromatic carbocycles. The van der Waals surface area contributed by atoms with Crippen molar-refractivity contribution in [2.75, 3.05) is 0 Å². The van der Waals surface area contributed by atoms with E-state index in [-0.39, 0.29) is 11.5 Å². The molecule has 0 amide bonds. The van der Waals surface area contributed by atoms with Crippen LogP contribution in [0.3, 0.4) is 0 Å². The third-order valence-corrected chi connectivity index (χ3v) is 5.51. The highest BCUT2D eigenvalue weighted by Gasteiger charge is 2.17. The SMILES string of the molecule is Oc1cc2oc3ccccc3c2cc1-c1cccc(-c2ccc(Br)cc2)c1O. The molecule has 28 heavy (non-hydrogen) atoms. The molecule has 0 unspecified atom stereocenters. The van der Waals surface area contributed by atoms with Crippen LogP contribution in [0.2, 0.25) is 0 Å². The van der Waals surface area contributed by atoms with Gasteiger partial charge in [0.25, 0.3) is 0 Å². The number of phenols is 2. The second kappa shape index (κ2) is 6.43. The average molecular weight is 431 g/mol. The van der Waals surface area contributed by atoms with Crippen LogP contribution in [0.15, 0.2) is 87.8 Å². The summed E-state index contributed by atoms with van der Waals surface area (Å²) < 4.78 is 6.81. The maximum atomic E-state index is 11.0. The molecule has 0 aliphatic rings. The van der Waals surface area contributed by atoms with Crippen LogP contribution < -0.4 is 0 Å². The number of hydrogen-bond donors (Lipinski definition) is 2. The van der Waals surface area contributed by atoms with E-state index >= 15 is 0 Å². The maximum Gasteiger partial charge on any atom is 0.139 e. The predicted molar refractivity (Wildman–Crippen MR) is 116 cm³/mol. The maximum absolute atomic E-state index is 11.0. The number of fused-ring (bicyclic) bond motifs is 3. The molecule has 0 radical (unpaired) electrons. The standard InChI is InChI=1S/C24H15BrO3/c25-15-10-8-14(9-11-15)16-5-3-6-18(24(16)27)19-12-20-17-4-1-2-7-22(17)28-23(20)13-21(19)26/h1-13,26-27H. The Morgan fingerprint density at radius 3 is 2.21 bits per heavy atom. The lowest BCUT2D eigenvalue weighted by molar-refractivity contribution is 0.470. The molecular weight excluding hydrogens is 416 g/mol. The fraction of sp³-hybridized carbons (Fsp3) is 0. The van der Waals surface area contributed by atoms with Crippen LogP contribution in [0.4, 0.5) is 0 Å². The molecular formula is C24H15BrO3. The van der Waals surface area contributed by atoms with Gasteiger partial charge in [0.15, 0.2) is 0 Å². The van der Waals surface area contributed by atoms with E-state index in [9.17, 15) is 10.2 Å². The molecule has 0 spiro atoms. The van der Waals surface area contributed by atoms with E-state index in [4.69, 9.17) is 4.42 Å². The zero-order valence-corrected chi connectivity index (χ0v) is 16.3. The van der Waals surface area contributed by atoms with Gasteiger partial charge in [-0.3, -0.25) is 0 Å². The van der Waals surface area contributed by atoms with Crippen LogP contribution in [0.1, 0.15) is 0 Å². The molecule has 3 nitrogen and oxygen atoms in total. The van der Waals surface area contributed by atoms with Crippen LogP contribution in [0.5, 0.6) is 11.5 Å². The van der Waals surface area contributed by atoms with Gasteiger partial charge in [-0.05, 0) is 29.8 Å². The van der Waals surface area contributed by atoms with Crippen molar-refractivity contribution in [1.29, 1.82) is 0 Å². The van der Waals surface area contributed by atoms with Gasteiger partial charge in [0, 0.05) is 38.0 Å². The number of halogens is 1. The average Bonchev–Trinajstić information content (AvgIpc) is 3.06. The Labute approximate surface area is 169 Å². The Morgan fingerprint density at radius 1 is 0.643 bits per heavy atom. The number of benzene rings is 4. The number of para-hydroxylation sites is 2. The Kier molecular flexibility index (Phi) is 3.88. The van der Waals surface area contributed by atoms with Gasteiger partial charge in [-0.15, -0.1) is 0 Å². The first-order valence-corrected chi connectivity index (χ1v) is 9.63. The lowest BCUT2D eigenvalue weighted by Crippen LogP contribution is -1.85. The minimum absolute atomic E-state index is 0.0646. The molecule has 5 rings (SSSR count). The monoisotopic (exact) mass is 430 g/mol. The van der Waals surface area contributed by atoms with Crippen molar-refractivity contribution in [3.63, 3.8) is 0 Å². The normalized spacial score (nSPS) is 11.3. The van der Waals surface area contributed by atoms with E-state index in [1.807, 2.05) is 66.7 Å². The van der Waals surface area contributed by atoms with Crippen molar-refractivity contribution in [2.24, 2.45) is 0 Å². The number of rotatable bonds is 2. The summed E-state index contributed by atoms with van der Waals surface area (Å²) in [6.07, 6.45) is 0. The van der Waals surface area contributed by atoms with Crippen LogP contribution >= 0.6 is 15.9 Å². The Balaban J connectivity index is 1.73. The summed E-state index contributed by atoms with van der Waals surface area (Å²) in [7, 11) is 0. The third kappa shape index (κ3) is 2.65. The molecule has 1 aromatic heterocycles. The molecule has 136 valence electrons. The Hall–Kier alpha value is -3.24. The van der Waals surface area contributed by atoms with Gasteiger partial charge < -0.3 is 14.6 Å². The van der Waals surface area contributed by atoms with E-state index in [2.05, 4.69) is 15.9 Å². The van der Waals surface area contributed by atoms with Crippen LogP contribution in [-0.2, 0) is 0 Å². The largest absolute Gasteiger partial charge is 0.507 e. The number of hydrogen-bond acceptors (Lipinski definition) is 3. The summed E-state index contributed by atoms with van der Waals surface area (Å²) in [6.45, 7) is 0. The first-order chi connectivity index (χ1) is 13.6. The van der Waals surface area contributed by atoms with Gasteiger partial charge in [0.1, 0.15) is 22.7 Å². The second-order valence-corrected chi connectivity index (χ2v) is 7.59. The van der Waals surface area contributed by atoms with E-state index in [1.54, 1.807) is 12.1 Å². The molecule has 0 aliphatic heterocycles. The number of aromatic hydroxyl groups is 2. The number of phenolic OH excluding ortho intramolecular Hbond substituents is 2. The lowest BCUT2D eigenvalue weighted by atomic mass is 9.96. The highest BCUT2D eigenvalue weighted by molar-refractivity contribution is 9.10. The van der Waals surface area contributed by atoms with Gasteiger partial charge >= 0.3 is 0 Å². The fourth-order valence-corrected chi connectivity index (χ4v) is 3.86. The van der Waals surface area contributed by atoms with Crippen molar-refractivity contribution in [1.82, 2.24) is 0 Å². The highest BCUT2D eigenvalue weighted by atomic mass is 79.9. The molecule has 1 heterocycles. The quantitative estimate of drug-likeness (QED) is 0.314. The first kappa shape index (κ1) is 16.9. The molecule has 0 saturated carbocycles. The lowest BCUT2D eigenvalue weighted by Gasteiger charge is -2.12. The van der Waals surface area contributed by atoms with Crippen molar-refractivity contribution >= 4 is 37.9 Å². The van der Waals surface area contributed by atoms with E-state index < -0.39 is 0 Å². The van der Waals surface area contributed by atoms with Crippen molar-refractivity contribution in [3.05, 3.63) is 83.3 Å². The van der Waals surface area contributed by atoms with E-state index in [1.165, 1.54) is 0 Å². The first-order valence-electron chi connectivity index (χ1n) is 8.84. The van der Waals surface area contributed by atoms with Gasteiger partial charge in [-0.25, -0.2) is 0 Å². The summed E-state index contributed by atoms with van der Waals surface area (Å²) in [6, 6.07) is 24.5. The van der Waals surface area contributed by atoms with Crippen molar-refractivity contribution in [3.8, 4) is 33.8 Å². The van der Waals surface area contributed by atoms with Gasteiger partial charge in [-0.2, -0.15) is 0 Å². The molecule has 0 bridgehead atoms. The topological polar surface area (TPSA) is 53.6 Å². The van der Waals surface area contributed by atoms with Gasteiger partial charge in [0.2, 0.25) is 0 Å². The Bertz CT molecular complexity index is 1330. The van der Waals surface area contributed by atoms with E-state index in [0.29, 0.717) is 22.3 Å². The van der Waals surface area contributed by atoms with Crippen molar-refractivity contribution < 1.29 is 14.6 Å². The van der Waals surface area contributed by atoms with Crippen LogP contribution in [0.25, 0.3) is 44.2 Å². The molecule has 4 heteroatoms.